The number of hydrogen-bond donors (Lipinski definition) is 1. The van der Waals surface area contributed by atoms with Gasteiger partial charge in [0.05, 0.1) is 5.75 Å². The molecule has 0 radical (unpaired) electrons. The molecule has 0 spiro atoms. The molecule has 1 unspecified atom stereocenters. The molecule has 0 saturated heterocycles. The quantitative estimate of drug-likeness (QED) is 0.471. The smallest absolute Gasteiger partial charge is 0.242 e. The van der Waals surface area contributed by atoms with Crippen LogP contribution in [0.1, 0.15) is 22.3 Å². The van der Waals surface area contributed by atoms with Crippen molar-refractivity contribution in [2.45, 2.75) is 31.7 Å². The maximum Gasteiger partial charge on any atom is 0.242 e. The van der Waals surface area contributed by atoms with Gasteiger partial charge in [0.2, 0.25) is 11.8 Å². The molecule has 2 amide bonds. The van der Waals surface area contributed by atoms with E-state index in [1.807, 2.05) is 61.5 Å². The summed E-state index contributed by atoms with van der Waals surface area (Å²) in [5.74, 6) is -0.0936. The van der Waals surface area contributed by atoms with Crippen LogP contribution in [0.15, 0.2) is 78.9 Å². The molecule has 1 N–H and O–H groups in total. The van der Waals surface area contributed by atoms with E-state index in [-0.39, 0.29) is 23.4 Å². The number of carbonyl (C=O) groups is 2. The van der Waals surface area contributed by atoms with E-state index < -0.39 is 6.04 Å². The number of halogens is 1. The number of nitrogens with zero attached hydrogens (tertiary/aromatic N) is 1. The van der Waals surface area contributed by atoms with Crippen LogP contribution in [-0.2, 0) is 28.3 Å². The minimum atomic E-state index is -0.653. The zero-order chi connectivity index (χ0) is 23.6. The lowest BCUT2D eigenvalue weighted by Crippen LogP contribution is -2.50. The predicted molar refractivity (Wildman–Crippen MR) is 132 cm³/mol. The predicted octanol–water partition coefficient (Wildman–Crippen LogP) is 4.75. The summed E-state index contributed by atoms with van der Waals surface area (Å²) in [5, 5.41) is 2.72. The second kappa shape index (κ2) is 12.2. The van der Waals surface area contributed by atoms with Gasteiger partial charge < -0.3 is 10.2 Å². The van der Waals surface area contributed by atoms with Gasteiger partial charge in [-0.25, -0.2) is 4.39 Å². The summed E-state index contributed by atoms with van der Waals surface area (Å²) in [7, 11) is 1.59. The first-order chi connectivity index (χ1) is 16.0. The Balaban J connectivity index is 1.80. The molecule has 3 aromatic carbocycles. The van der Waals surface area contributed by atoms with Crippen molar-refractivity contribution in [2.24, 2.45) is 0 Å². The molecule has 4 nitrogen and oxygen atoms in total. The van der Waals surface area contributed by atoms with Gasteiger partial charge in [-0.15, -0.1) is 11.8 Å². The summed E-state index contributed by atoms with van der Waals surface area (Å²) in [4.78, 5) is 27.9. The zero-order valence-corrected chi connectivity index (χ0v) is 19.8. The Kier molecular flexibility index (Phi) is 9.07. The van der Waals surface area contributed by atoms with Crippen LogP contribution in [0, 0.1) is 12.7 Å². The summed E-state index contributed by atoms with van der Waals surface area (Å²) >= 11 is 1.35. The van der Waals surface area contributed by atoms with Crippen molar-refractivity contribution in [3.8, 4) is 0 Å². The molecule has 172 valence electrons. The highest BCUT2D eigenvalue weighted by Gasteiger charge is 2.29. The SMILES string of the molecule is CNC(=O)C(Cc1ccccc1)N(Cc1ccc(C)cc1)C(=O)CSCc1ccccc1F. The van der Waals surface area contributed by atoms with Crippen LogP contribution in [0.2, 0.25) is 0 Å². The number of nitrogens with one attached hydrogen (secondary N) is 1. The maximum atomic E-state index is 14.0. The molecule has 0 fully saturated rings. The van der Waals surface area contributed by atoms with Crippen molar-refractivity contribution >= 4 is 23.6 Å². The van der Waals surface area contributed by atoms with Gasteiger partial charge in [-0.05, 0) is 29.7 Å². The maximum absolute atomic E-state index is 14.0. The van der Waals surface area contributed by atoms with E-state index in [1.54, 1.807) is 30.1 Å². The van der Waals surface area contributed by atoms with Crippen LogP contribution in [0.25, 0.3) is 0 Å². The first kappa shape index (κ1) is 24.5. The number of amides is 2. The Labute approximate surface area is 199 Å². The fourth-order valence-electron chi connectivity index (χ4n) is 3.56. The van der Waals surface area contributed by atoms with E-state index in [2.05, 4.69) is 5.32 Å². The number of aryl methyl sites for hydroxylation is 1. The minimum Gasteiger partial charge on any atom is -0.357 e. The molecule has 0 aromatic heterocycles. The number of hydrogen-bond acceptors (Lipinski definition) is 3. The monoisotopic (exact) mass is 464 g/mol. The van der Waals surface area contributed by atoms with Crippen LogP contribution in [0.3, 0.4) is 0 Å². The first-order valence-corrected chi connectivity index (χ1v) is 12.0. The molecular weight excluding hydrogens is 435 g/mol. The molecule has 1 atom stereocenters. The fraction of sp³-hybridized carbons (Fsp3) is 0.259. The highest BCUT2D eigenvalue weighted by atomic mass is 32.2. The Morgan fingerprint density at radius 3 is 2.27 bits per heavy atom. The average molecular weight is 465 g/mol. The van der Waals surface area contributed by atoms with Gasteiger partial charge in [0, 0.05) is 25.8 Å². The second-order valence-electron chi connectivity index (χ2n) is 7.91. The number of benzene rings is 3. The van der Waals surface area contributed by atoms with Gasteiger partial charge >= 0.3 is 0 Å². The van der Waals surface area contributed by atoms with Gasteiger partial charge in [0.25, 0.3) is 0 Å². The third-order valence-electron chi connectivity index (χ3n) is 5.43. The highest BCUT2D eigenvalue weighted by molar-refractivity contribution is 7.99. The van der Waals surface area contributed by atoms with E-state index in [0.29, 0.717) is 24.3 Å². The lowest BCUT2D eigenvalue weighted by molar-refractivity contribution is -0.139. The molecule has 3 rings (SSSR count). The normalized spacial score (nSPS) is 11.6. The number of rotatable bonds is 10. The fourth-order valence-corrected chi connectivity index (χ4v) is 4.45. The largest absolute Gasteiger partial charge is 0.357 e. The zero-order valence-electron chi connectivity index (χ0n) is 19.0. The van der Waals surface area contributed by atoms with Crippen molar-refractivity contribution in [1.82, 2.24) is 10.2 Å². The first-order valence-electron chi connectivity index (χ1n) is 10.9. The van der Waals surface area contributed by atoms with Gasteiger partial charge in [-0.2, -0.15) is 0 Å². The number of likely N-dealkylation sites (N-methyl/N-ethyl adjacent to an activating group) is 1. The third-order valence-corrected chi connectivity index (χ3v) is 6.40. The summed E-state index contributed by atoms with van der Waals surface area (Å²) in [6, 6.07) is 23.6. The lowest BCUT2D eigenvalue weighted by atomic mass is 10.0. The summed E-state index contributed by atoms with van der Waals surface area (Å²) < 4.78 is 14.0. The topological polar surface area (TPSA) is 49.4 Å². The van der Waals surface area contributed by atoms with Crippen molar-refractivity contribution in [1.29, 1.82) is 0 Å². The molecule has 0 bridgehead atoms. The van der Waals surface area contributed by atoms with Gasteiger partial charge in [0.15, 0.2) is 0 Å². The molecule has 0 heterocycles. The molecular formula is C27H29FN2O2S. The molecule has 6 heteroatoms. The standard InChI is InChI=1S/C27H29FN2O2S/c1-20-12-14-22(15-13-20)17-30(25(27(32)29-2)16-21-8-4-3-5-9-21)26(31)19-33-18-23-10-6-7-11-24(23)28/h3-15,25H,16-19H2,1-2H3,(H,29,32). The molecule has 0 aliphatic rings. The third kappa shape index (κ3) is 7.19. The Hall–Kier alpha value is -3.12. The Bertz CT molecular complexity index is 1060. The average Bonchev–Trinajstić information content (AvgIpc) is 2.83. The van der Waals surface area contributed by atoms with E-state index in [0.717, 1.165) is 16.7 Å². The highest BCUT2D eigenvalue weighted by Crippen LogP contribution is 2.19. The van der Waals surface area contributed by atoms with Gasteiger partial charge in [-0.3, -0.25) is 9.59 Å². The molecule has 33 heavy (non-hydrogen) atoms. The van der Waals surface area contributed by atoms with Crippen LogP contribution in [-0.4, -0.2) is 35.6 Å². The van der Waals surface area contributed by atoms with E-state index >= 15 is 0 Å². The molecule has 0 saturated carbocycles. The van der Waals surface area contributed by atoms with Crippen molar-refractivity contribution in [2.75, 3.05) is 12.8 Å². The summed E-state index contributed by atoms with van der Waals surface area (Å²) in [6.45, 7) is 2.33. The van der Waals surface area contributed by atoms with E-state index in [4.69, 9.17) is 0 Å². The van der Waals surface area contributed by atoms with E-state index in [1.165, 1.54) is 17.8 Å². The van der Waals surface area contributed by atoms with Gasteiger partial charge in [0.1, 0.15) is 11.9 Å². The molecule has 3 aromatic rings. The van der Waals surface area contributed by atoms with Crippen LogP contribution in [0.4, 0.5) is 4.39 Å². The van der Waals surface area contributed by atoms with Crippen LogP contribution >= 0.6 is 11.8 Å². The van der Waals surface area contributed by atoms with Crippen LogP contribution in [0.5, 0.6) is 0 Å². The van der Waals surface area contributed by atoms with Crippen molar-refractivity contribution in [3.05, 3.63) is 107 Å². The summed E-state index contributed by atoms with van der Waals surface area (Å²) in [5.41, 5.74) is 3.62. The van der Waals surface area contributed by atoms with Crippen molar-refractivity contribution in [3.63, 3.8) is 0 Å². The van der Waals surface area contributed by atoms with E-state index in [9.17, 15) is 14.0 Å². The van der Waals surface area contributed by atoms with Gasteiger partial charge in [-0.1, -0.05) is 78.4 Å². The minimum absolute atomic E-state index is 0.151. The summed E-state index contributed by atoms with van der Waals surface area (Å²) in [6.07, 6.45) is 0.413. The van der Waals surface area contributed by atoms with Crippen molar-refractivity contribution < 1.29 is 14.0 Å². The second-order valence-corrected chi connectivity index (χ2v) is 8.90. The Morgan fingerprint density at radius 2 is 1.61 bits per heavy atom. The molecule has 0 aliphatic heterocycles. The Morgan fingerprint density at radius 1 is 0.939 bits per heavy atom. The van der Waals surface area contributed by atoms with Crippen LogP contribution < -0.4 is 5.32 Å². The molecule has 0 aliphatic carbocycles. The number of carbonyl (C=O) groups excluding carboxylic acids is 2. The number of thioether (sulfide) groups is 1. The lowest BCUT2D eigenvalue weighted by Gasteiger charge is -2.31.